The van der Waals surface area contributed by atoms with Crippen LogP contribution in [0.25, 0.3) is 11.2 Å². The molecule has 5 heterocycles. The number of hydrogen-bond donors (Lipinski definition) is 2. The number of aromatic nitrogens is 6. The van der Waals surface area contributed by atoms with Gasteiger partial charge in [0.15, 0.2) is 17.2 Å². The number of imidazole rings is 1. The first-order valence-electron chi connectivity index (χ1n) is 10.2. The summed E-state index contributed by atoms with van der Waals surface area (Å²) in [5, 5.41) is 17.8. The molecule has 1 spiro atoms. The Labute approximate surface area is 182 Å². The summed E-state index contributed by atoms with van der Waals surface area (Å²) in [6.07, 6.45) is 5.06. The number of nitriles is 1. The van der Waals surface area contributed by atoms with Crippen molar-refractivity contribution < 1.29 is 9.47 Å². The summed E-state index contributed by atoms with van der Waals surface area (Å²) in [6, 6.07) is 7.46. The topological polar surface area (TPSA) is 142 Å². The molecule has 0 bridgehead atoms. The maximum absolute atomic E-state index is 9.86. The van der Waals surface area contributed by atoms with E-state index >= 15 is 0 Å². The first-order chi connectivity index (χ1) is 15.6. The smallest absolute Gasteiger partial charge is 0.210 e. The first kappa shape index (κ1) is 18.6. The molecule has 11 nitrogen and oxygen atoms in total. The SMILES string of the molecule is Cn1c(Nc2cc3n(n2)CCOC32CC2)nc2ncc(Oc3ccnc(N)c3)c(C#N)c21. The van der Waals surface area contributed by atoms with Gasteiger partial charge in [0.25, 0.3) is 0 Å². The molecule has 11 heteroatoms. The third kappa shape index (κ3) is 2.84. The molecule has 0 atom stereocenters. The van der Waals surface area contributed by atoms with Crippen LogP contribution in [0.4, 0.5) is 17.6 Å². The quantitative estimate of drug-likeness (QED) is 0.500. The van der Waals surface area contributed by atoms with Crippen LogP contribution in [0.5, 0.6) is 11.5 Å². The van der Waals surface area contributed by atoms with Crippen molar-refractivity contribution in [3.63, 3.8) is 0 Å². The van der Waals surface area contributed by atoms with Crippen molar-refractivity contribution in [2.45, 2.75) is 25.0 Å². The van der Waals surface area contributed by atoms with E-state index in [2.05, 4.69) is 31.4 Å². The minimum absolute atomic E-state index is 0.171. The number of nitrogen functional groups attached to an aromatic ring is 1. The molecule has 1 saturated carbocycles. The molecular formula is C21H19N9O2. The molecule has 160 valence electrons. The average molecular weight is 429 g/mol. The Morgan fingerprint density at radius 2 is 2.19 bits per heavy atom. The number of nitrogens with zero attached hydrogens (tertiary/aromatic N) is 7. The first-order valence-corrected chi connectivity index (χ1v) is 10.2. The van der Waals surface area contributed by atoms with Crippen LogP contribution in [0, 0.1) is 11.3 Å². The fraction of sp³-hybridized carbons (Fsp3) is 0.286. The fourth-order valence-electron chi connectivity index (χ4n) is 4.12. The molecular weight excluding hydrogens is 410 g/mol. The summed E-state index contributed by atoms with van der Waals surface area (Å²) in [5.74, 6) is 2.30. The van der Waals surface area contributed by atoms with Gasteiger partial charge in [-0.3, -0.25) is 4.68 Å². The predicted molar refractivity (Wildman–Crippen MR) is 114 cm³/mol. The van der Waals surface area contributed by atoms with E-state index in [4.69, 9.17) is 15.2 Å². The molecule has 2 aliphatic rings. The van der Waals surface area contributed by atoms with E-state index in [9.17, 15) is 5.26 Å². The lowest BCUT2D eigenvalue weighted by atomic mass is 10.2. The molecule has 0 saturated heterocycles. The van der Waals surface area contributed by atoms with Crippen molar-refractivity contribution in [1.82, 2.24) is 29.3 Å². The van der Waals surface area contributed by atoms with Crippen LogP contribution in [-0.4, -0.2) is 35.9 Å². The van der Waals surface area contributed by atoms with Crippen LogP contribution in [-0.2, 0) is 23.9 Å². The summed E-state index contributed by atoms with van der Waals surface area (Å²) in [5.41, 5.74) is 7.95. The Morgan fingerprint density at radius 3 is 2.97 bits per heavy atom. The molecule has 1 aliphatic carbocycles. The lowest BCUT2D eigenvalue weighted by molar-refractivity contribution is -0.00502. The summed E-state index contributed by atoms with van der Waals surface area (Å²) >= 11 is 0. The number of rotatable bonds is 4. The van der Waals surface area contributed by atoms with Crippen LogP contribution in [0.3, 0.4) is 0 Å². The molecule has 1 fully saturated rings. The Bertz CT molecular complexity index is 1410. The number of nitrogens with one attached hydrogen (secondary N) is 1. The van der Waals surface area contributed by atoms with Crippen molar-refractivity contribution >= 4 is 28.7 Å². The fourth-order valence-corrected chi connectivity index (χ4v) is 4.12. The number of hydrogen-bond acceptors (Lipinski definition) is 9. The van der Waals surface area contributed by atoms with Crippen molar-refractivity contribution in [3.8, 4) is 17.6 Å². The molecule has 4 aromatic rings. The largest absolute Gasteiger partial charge is 0.454 e. The van der Waals surface area contributed by atoms with Gasteiger partial charge in [0.1, 0.15) is 34.3 Å². The van der Waals surface area contributed by atoms with E-state index in [1.807, 2.05) is 17.8 Å². The van der Waals surface area contributed by atoms with Crippen LogP contribution in [0.15, 0.2) is 30.6 Å². The normalized spacial score (nSPS) is 16.0. The van der Waals surface area contributed by atoms with Gasteiger partial charge in [-0.05, 0) is 18.9 Å². The van der Waals surface area contributed by atoms with Crippen LogP contribution in [0.2, 0.25) is 0 Å². The van der Waals surface area contributed by atoms with Gasteiger partial charge in [-0.25, -0.2) is 9.97 Å². The number of pyridine rings is 2. The second kappa shape index (κ2) is 6.66. The molecule has 0 unspecified atom stereocenters. The lowest BCUT2D eigenvalue weighted by Gasteiger charge is -2.23. The Hall–Kier alpha value is -4.17. The third-order valence-corrected chi connectivity index (χ3v) is 5.83. The molecule has 0 amide bonds. The maximum Gasteiger partial charge on any atom is 0.210 e. The van der Waals surface area contributed by atoms with Gasteiger partial charge in [-0.1, -0.05) is 0 Å². The van der Waals surface area contributed by atoms with Crippen LogP contribution >= 0.6 is 0 Å². The van der Waals surface area contributed by atoms with E-state index in [0.717, 1.165) is 25.1 Å². The summed E-state index contributed by atoms with van der Waals surface area (Å²) in [6.45, 7) is 1.39. The number of nitrogens with two attached hydrogens (primary N) is 1. The van der Waals surface area contributed by atoms with Crippen molar-refractivity contribution in [2.24, 2.45) is 7.05 Å². The summed E-state index contributed by atoms with van der Waals surface area (Å²) in [4.78, 5) is 12.9. The highest BCUT2D eigenvalue weighted by molar-refractivity contribution is 5.84. The monoisotopic (exact) mass is 429 g/mol. The number of anilines is 3. The summed E-state index contributed by atoms with van der Waals surface area (Å²) in [7, 11) is 1.82. The molecule has 6 rings (SSSR count). The third-order valence-electron chi connectivity index (χ3n) is 5.83. The van der Waals surface area contributed by atoms with Crippen LogP contribution in [0.1, 0.15) is 24.1 Å². The van der Waals surface area contributed by atoms with Gasteiger partial charge < -0.3 is 25.1 Å². The molecule has 3 N–H and O–H groups in total. The second-order valence-corrected chi connectivity index (χ2v) is 7.90. The summed E-state index contributed by atoms with van der Waals surface area (Å²) < 4.78 is 15.6. The van der Waals surface area contributed by atoms with Gasteiger partial charge in [-0.2, -0.15) is 15.3 Å². The zero-order chi connectivity index (χ0) is 21.9. The molecule has 0 aromatic carbocycles. The van der Waals surface area contributed by atoms with Crippen molar-refractivity contribution in [1.29, 1.82) is 5.26 Å². The minimum Gasteiger partial charge on any atom is -0.454 e. The van der Waals surface area contributed by atoms with E-state index < -0.39 is 0 Å². The van der Waals surface area contributed by atoms with Gasteiger partial charge >= 0.3 is 0 Å². The molecule has 1 aliphatic heterocycles. The van der Waals surface area contributed by atoms with Gasteiger partial charge in [0.2, 0.25) is 5.95 Å². The van der Waals surface area contributed by atoms with Crippen molar-refractivity contribution in [2.75, 3.05) is 17.7 Å². The Balaban J connectivity index is 1.36. The highest BCUT2D eigenvalue weighted by Gasteiger charge is 2.50. The number of fused-ring (bicyclic) bond motifs is 3. The van der Waals surface area contributed by atoms with Crippen LogP contribution < -0.4 is 15.8 Å². The van der Waals surface area contributed by atoms with Gasteiger partial charge in [0, 0.05) is 25.4 Å². The highest BCUT2D eigenvalue weighted by Crippen LogP contribution is 2.51. The molecule has 0 radical (unpaired) electrons. The van der Waals surface area contributed by atoms with Gasteiger partial charge in [-0.15, -0.1) is 0 Å². The lowest BCUT2D eigenvalue weighted by Crippen LogP contribution is -2.27. The number of ether oxygens (including phenoxy) is 2. The second-order valence-electron chi connectivity index (χ2n) is 7.90. The Morgan fingerprint density at radius 1 is 1.31 bits per heavy atom. The molecule has 4 aromatic heterocycles. The molecule has 32 heavy (non-hydrogen) atoms. The van der Waals surface area contributed by atoms with Crippen molar-refractivity contribution in [3.05, 3.63) is 41.9 Å². The van der Waals surface area contributed by atoms with E-state index in [0.29, 0.717) is 52.4 Å². The minimum atomic E-state index is -0.171. The zero-order valence-corrected chi connectivity index (χ0v) is 17.2. The Kier molecular flexibility index (Phi) is 3.87. The average Bonchev–Trinajstić information content (AvgIpc) is 3.30. The highest BCUT2D eigenvalue weighted by atomic mass is 16.5. The predicted octanol–water partition coefficient (Wildman–Crippen LogP) is 2.57. The number of aryl methyl sites for hydroxylation is 1. The standard InChI is InChI=1S/C21H19N9O2/c1-29-18-13(10-22)14(32-12-2-5-24-16(23)8-12)11-25-19(18)27-20(29)26-17-9-15-21(3-4-21)31-7-6-30(15)28-17/h2,5,8-9,11H,3-4,6-7H2,1H3,(H2,23,24)(H,25,26,27,28). The maximum atomic E-state index is 9.86. The zero-order valence-electron chi connectivity index (χ0n) is 17.2. The van der Waals surface area contributed by atoms with E-state index in [1.54, 1.807) is 16.7 Å². The van der Waals surface area contributed by atoms with E-state index in [-0.39, 0.29) is 5.60 Å². The van der Waals surface area contributed by atoms with E-state index in [1.165, 1.54) is 12.4 Å². The van der Waals surface area contributed by atoms with Gasteiger partial charge in [0.05, 0.1) is 25.0 Å².